The number of halogens is 4. The number of nitrogens with zero attached hydrogens (tertiary/aromatic N) is 2. The zero-order chi connectivity index (χ0) is 16.9. The molecule has 1 fully saturated rings. The average Bonchev–Trinajstić information content (AvgIpc) is 2.58. The summed E-state index contributed by atoms with van der Waals surface area (Å²) in [5.41, 5.74) is 2.16. The highest BCUT2D eigenvalue weighted by Gasteiger charge is 2.24. The molecule has 1 aliphatic rings. The van der Waals surface area contributed by atoms with Crippen molar-refractivity contribution in [2.45, 2.75) is 19.2 Å². The molecule has 0 aliphatic carbocycles. The van der Waals surface area contributed by atoms with Crippen LogP contribution in [0.15, 0.2) is 42.7 Å². The Morgan fingerprint density at radius 2 is 2.04 bits per heavy atom. The van der Waals surface area contributed by atoms with Crippen molar-refractivity contribution < 1.29 is 13.5 Å². The van der Waals surface area contributed by atoms with Crippen molar-refractivity contribution in [3.8, 4) is 5.75 Å². The summed E-state index contributed by atoms with van der Waals surface area (Å²) < 4.78 is 29.0. The van der Waals surface area contributed by atoms with Crippen molar-refractivity contribution in [1.29, 1.82) is 0 Å². The number of aromatic nitrogens is 1. The van der Waals surface area contributed by atoms with Crippen LogP contribution in [0, 0.1) is 0 Å². The SMILES string of the molecule is Cl.FC(F)Oc1ccc(CN2CCNCC2c2ccncc2)cc1Cl. The predicted octanol–water partition coefficient (Wildman–Crippen LogP) is 3.90. The van der Waals surface area contributed by atoms with E-state index < -0.39 is 6.61 Å². The molecule has 1 aromatic heterocycles. The van der Waals surface area contributed by atoms with Crippen molar-refractivity contribution in [2.24, 2.45) is 0 Å². The first-order valence-electron chi connectivity index (χ1n) is 7.71. The second-order valence-electron chi connectivity index (χ2n) is 5.61. The first-order valence-corrected chi connectivity index (χ1v) is 8.09. The molecule has 0 bridgehead atoms. The van der Waals surface area contributed by atoms with Crippen LogP contribution < -0.4 is 10.1 Å². The second-order valence-corrected chi connectivity index (χ2v) is 6.02. The molecule has 2 aromatic rings. The van der Waals surface area contributed by atoms with E-state index in [1.807, 2.05) is 12.1 Å². The zero-order valence-corrected chi connectivity index (χ0v) is 14.9. The molecule has 1 aromatic carbocycles. The van der Waals surface area contributed by atoms with Crippen LogP contribution in [0.2, 0.25) is 5.02 Å². The number of hydrogen-bond donors (Lipinski definition) is 1. The van der Waals surface area contributed by atoms with Crippen LogP contribution in [-0.2, 0) is 6.54 Å². The van der Waals surface area contributed by atoms with Crippen LogP contribution in [0.3, 0.4) is 0 Å². The topological polar surface area (TPSA) is 37.4 Å². The number of rotatable bonds is 5. The zero-order valence-electron chi connectivity index (χ0n) is 13.4. The van der Waals surface area contributed by atoms with Gasteiger partial charge in [0.05, 0.1) is 5.02 Å². The normalized spacial score (nSPS) is 18.0. The smallest absolute Gasteiger partial charge is 0.387 e. The molecule has 1 unspecified atom stereocenters. The molecule has 2 heterocycles. The fraction of sp³-hybridized carbons (Fsp3) is 0.353. The Bertz CT molecular complexity index is 676. The van der Waals surface area contributed by atoms with Gasteiger partial charge in [0, 0.05) is 44.6 Å². The van der Waals surface area contributed by atoms with Crippen LogP contribution >= 0.6 is 24.0 Å². The molecule has 1 aliphatic heterocycles. The monoisotopic (exact) mass is 389 g/mol. The van der Waals surface area contributed by atoms with Crippen molar-refractivity contribution in [2.75, 3.05) is 19.6 Å². The third-order valence-electron chi connectivity index (χ3n) is 4.04. The lowest BCUT2D eigenvalue weighted by Crippen LogP contribution is -2.45. The van der Waals surface area contributed by atoms with Gasteiger partial charge < -0.3 is 10.1 Å². The Morgan fingerprint density at radius 3 is 2.72 bits per heavy atom. The highest BCUT2D eigenvalue weighted by atomic mass is 35.5. The third kappa shape index (κ3) is 5.25. The van der Waals surface area contributed by atoms with E-state index >= 15 is 0 Å². The van der Waals surface area contributed by atoms with Gasteiger partial charge in [-0.25, -0.2) is 0 Å². The summed E-state index contributed by atoms with van der Waals surface area (Å²) in [6, 6.07) is 9.21. The molecule has 1 N–H and O–H groups in total. The molecule has 8 heteroatoms. The number of nitrogens with one attached hydrogen (secondary N) is 1. The number of hydrogen-bond acceptors (Lipinski definition) is 4. The van der Waals surface area contributed by atoms with Crippen LogP contribution in [0.5, 0.6) is 5.75 Å². The number of pyridine rings is 1. The fourth-order valence-electron chi connectivity index (χ4n) is 2.92. The minimum absolute atomic E-state index is 0. The summed E-state index contributed by atoms with van der Waals surface area (Å²) in [5.74, 6) is 0.00131. The molecular formula is C17H19Cl2F2N3O. The quantitative estimate of drug-likeness (QED) is 0.840. The Hall–Kier alpha value is -1.47. The van der Waals surface area contributed by atoms with Gasteiger partial charge in [0.2, 0.25) is 0 Å². The van der Waals surface area contributed by atoms with Gasteiger partial charge in [-0.2, -0.15) is 8.78 Å². The first-order chi connectivity index (χ1) is 11.6. The third-order valence-corrected chi connectivity index (χ3v) is 4.34. The molecule has 1 atom stereocenters. The highest BCUT2D eigenvalue weighted by molar-refractivity contribution is 6.32. The van der Waals surface area contributed by atoms with E-state index in [-0.39, 0.29) is 29.2 Å². The maximum Gasteiger partial charge on any atom is 0.387 e. The Morgan fingerprint density at radius 1 is 1.28 bits per heavy atom. The van der Waals surface area contributed by atoms with E-state index in [9.17, 15) is 8.78 Å². The summed E-state index contributed by atoms with van der Waals surface area (Å²) >= 11 is 6.05. The van der Waals surface area contributed by atoms with E-state index in [1.54, 1.807) is 24.5 Å². The average molecular weight is 390 g/mol. The largest absolute Gasteiger partial charge is 0.433 e. The second kappa shape index (κ2) is 9.29. The minimum atomic E-state index is -2.88. The Kier molecular flexibility index (Phi) is 7.38. The molecule has 25 heavy (non-hydrogen) atoms. The Labute approximate surface area is 156 Å². The molecule has 136 valence electrons. The fourth-order valence-corrected chi connectivity index (χ4v) is 3.17. The predicted molar refractivity (Wildman–Crippen MR) is 95.6 cm³/mol. The minimum Gasteiger partial charge on any atom is -0.433 e. The lowest BCUT2D eigenvalue weighted by Gasteiger charge is -2.36. The van der Waals surface area contributed by atoms with Crippen LogP contribution in [-0.4, -0.2) is 36.1 Å². The van der Waals surface area contributed by atoms with E-state index in [0.717, 1.165) is 25.2 Å². The van der Waals surface area contributed by atoms with Crippen molar-refractivity contribution in [1.82, 2.24) is 15.2 Å². The molecule has 0 radical (unpaired) electrons. The van der Waals surface area contributed by atoms with Gasteiger partial charge in [0.1, 0.15) is 5.75 Å². The number of piperazine rings is 1. The van der Waals surface area contributed by atoms with Crippen molar-refractivity contribution in [3.05, 3.63) is 58.9 Å². The van der Waals surface area contributed by atoms with Gasteiger partial charge in [-0.1, -0.05) is 17.7 Å². The molecule has 1 saturated heterocycles. The van der Waals surface area contributed by atoms with Crippen molar-refractivity contribution >= 4 is 24.0 Å². The molecule has 0 saturated carbocycles. The lowest BCUT2D eigenvalue weighted by atomic mass is 10.0. The number of alkyl halides is 2. The van der Waals surface area contributed by atoms with Gasteiger partial charge >= 0.3 is 6.61 Å². The van der Waals surface area contributed by atoms with E-state index in [2.05, 4.69) is 19.9 Å². The van der Waals surface area contributed by atoms with Gasteiger partial charge in [0.15, 0.2) is 0 Å². The summed E-state index contributed by atoms with van der Waals surface area (Å²) in [4.78, 5) is 6.40. The molecule has 0 amide bonds. The molecule has 0 spiro atoms. The lowest BCUT2D eigenvalue weighted by molar-refractivity contribution is -0.0498. The van der Waals surface area contributed by atoms with Crippen molar-refractivity contribution in [3.63, 3.8) is 0 Å². The van der Waals surface area contributed by atoms with Gasteiger partial charge in [0.25, 0.3) is 0 Å². The first kappa shape index (κ1) is 19.8. The highest BCUT2D eigenvalue weighted by Crippen LogP contribution is 2.29. The van der Waals surface area contributed by atoms with Crippen LogP contribution in [0.25, 0.3) is 0 Å². The summed E-state index contributed by atoms with van der Waals surface area (Å²) in [5, 5.41) is 3.60. The van der Waals surface area contributed by atoms with Crippen LogP contribution in [0.1, 0.15) is 17.2 Å². The number of benzene rings is 1. The maximum atomic E-state index is 12.3. The van der Waals surface area contributed by atoms with E-state index in [1.165, 1.54) is 11.6 Å². The van der Waals surface area contributed by atoms with Gasteiger partial charge in [-0.05, 0) is 35.4 Å². The molecular weight excluding hydrogens is 371 g/mol. The van der Waals surface area contributed by atoms with E-state index in [4.69, 9.17) is 11.6 Å². The molecule has 4 nitrogen and oxygen atoms in total. The van der Waals surface area contributed by atoms with Crippen LogP contribution in [0.4, 0.5) is 8.78 Å². The summed E-state index contributed by atoms with van der Waals surface area (Å²) in [7, 11) is 0. The van der Waals surface area contributed by atoms with Gasteiger partial charge in [-0.3, -0.25) is 9.88 Å². The maximum absolute atomic E-state index is 12.3. The molecule has 3 rings (SSSR count). The van der Waals surface area contributed by atoms with E-state index in [0.29, 0.717) is 6.54 Å². The Balaban J connectivity index is 0.00000225. The summed E-state index contributed by atoms with van der Waals surface area (Å²) in [6.45, 7) is 0.452. The standard InChI is InChI=1S/C17H18ClF2N3O.ClH/c18-14-9-12(1-2-16(14)24-17(19)20)11-23-8-7-22-10-15(23)13-3-5-21-6-4-13;/h1-6,9,15,17,22H,7-8,10-11H2;1H. The summed E-state index contributed by atoms with van der Waals surface area (Å²) in [6.07, 6.45) is 3.57. The number of ether oxygens (including phenoxy) is 1. The van der Waals surface area contributed by atoms with Gasteiger partial charge in [-0.15, -0.1) is 12.4 Å².